The normalized spacial score (nSPS) is 12.2. The molecule has 4 aromatic rings. The van der Waals surface area contributed by atoms with Gasteiger partial charge in [0, 0.05) is 56.9 Å². The van der Waals surface area contributed by atoms with Crippen molar-refractivity contribution >= 4 is 87.6 Å². The summed E-state index contributed by atoms with van der Waals surface area (Å²) in [6, 6.07) is 36.1. The Morgan fingerprint density at radius 2 is 0.469 bits per heavy atom. The summed E-state index contributed by atoms with van der Waals surface area (Å²) in [6.45, 7) is 0. The third-order valence-corrected chi connectivity index (χ3v) is 18.4. The van der Waals surface area contributed by atoms with Gasteiger partial charge in [0.2, 0.25) is 0 Å². The smallest absolute Gasteiger partial charge is 0.179 e. The molecule has 0 atom stereocenters. The van der Waals surface area contributed by atoms with E-state index in [9.17, 15) is 0 Å². The standard InChI is InChI=1S/C36H44O8Si5/c1-37-33(38-2)45-25-9-17-29(18-10-25)49(30-19-11-26(12-20-30)46-34(39-3)40-4,31-21-13-27(14-22-31)47-35(41-5)42-6)32-23-15-28(16-24-32)48-36(43-7)44-8/h9-24,33-36H,1-8H3. The highest BCUT2D eigenvalue weighted by Crippen LogP contribution is 2.09. The van der Waals surface area contributed by atoms with Crippen molar-refractivity contribution in [1.29, 1.82) is 0 Å². The van der Waals surface area contributed by atoms with Gasteiger partial charge in [-0.05, 0) is 20.7 Å². The molecule has 0 fully saturated rings. The van der Waals surface area contributed by atoms with Crippen LogP contribution in [-0.2, 0) is 37.9 Å². The highest BCUT2D eigenvalue weighted by Gasteiger charge is 2.41. The van der Waals surface area contributed by atoms with Crippen LogP contribution in [0, 0.1) is 0 Å². The average molecular weight is 745 g/mol. The molecule has 49 heavy (non-hydrogen) atoms. The van der Waals surface area contributed by atoms with Crippen molar-refractivity contribution in [2.75, 3.05) is 56.9 Å². The van der Waals surface area contributed by atoms with E-state index in [4.69, 9.17) is 37.9 Å². The molecule has 0 aliphatic carbocycles. The topological polar surface area (TPSA) is 73.8 Å². The second-order valence-corrected chi connectivity index (χ2v) is 20.0. The minimum absolute atomic E-state index is 0.280. The summed E-state index contributed by atoms with van der Waals surface area (Å²) < 4.78 is 44.2. The minimum atomic E-state index is -2.86. The van der Waals surface area contributed by atoms with Gasteiger partial charge in [0.15, 0.2) is 46.2 Å². The third kappa shape index (κ3) is 9.91. The number of hydrogen-bond acceptors (Lipinski definition) is 8. The van der Waals surface area contributed by atoms with Gasteiger partial charge in [-0.3, -0.25) is 0 Å². The largest absolute Gasteiger partial charge is 0.360 e. The van der Waals surface area contributed by atoms with E-state index < -0.39 is 8.07 Å². The van der Waals surface area contributed by atoms with E-state index in [-0.39, 0.29) is 23.7 Å². The van der Waals surface area contributed by atoms with Gasteiger partial charge < -0.3 is 37.9 Å². The van der Waals surface area contributed by atoms with Crippen LogP contribution in [0.2, 0.25) is 0 Å². The minimum Gasteiger partial charge on any atom is -0.360 e. The molecule has 0 unspecified atom stereocenters. The number of methoxy groups -OCH3 is 8. The second kappa shape index (κ2) is 19.9. The fraction of sp³-hybridized carbons (Fsp3) is 0.333. The van der Waals surface area contributed by atoms with Crippen LogP contribution >= 0.6 is 0 Å². The van der Waals surface area contributed by atoms with Crippen molar-refractivity contribution in [2.45, 2.75) is 23.7 Å². The van der Waals surface area contributed by atoms with Crippen LogP contribution in [0.5, 0.6) is 0 Å². The van der Waals surface area contributed by atoms with Gasteiger partial charge in [-0.15, -0.1) is 0 Å². The highest BCUT2D eigenvalue weighted by atomic mass is 28.3. The molecule has 0 saturated heterocycles. The summed E-state index contributed by atoms with van der Waals surface area (Å²) in [5.74, 6) is -1.12. The van der Waals surface area contributed by atoms with E-state index in [1.807, 2.05) is 0 Å². The molecule has 0 spiro atoms. The second-order valence-electron chi connectivity index (χ2n) is 10.9. The van der Waals surface area contributed by atoms with Crippen molar-refractivity contribution < 1.29 is 37.9 Å². The van der Waals surface area contributed by atoms with Crippen LogP contribution in [0.1, 0.15) is 0 Å². The van der Waals surface area contributed by atoms with Crippen molar-refractivity contribution in [2.24, 2.45) is 0 Å². The SMILES string of the molecule is COC(OC)[Si]c1ccc([Si](c2ccc([Si]C(OC)OC)cc2)(c2ccc([Si]C(OC)OC)cc2)c2ccc([Si]C(OC)OC)cc2)cc1. The first-order valence-electron chi connectivity index (χ1n) is 15.6. The number of ether oxygens (including phenoxy) is 8. The van der Waals surface area contributed by atoms with Crippen molar-refractivity contribution in [1.82, 2.24) is 0 Å². The van der Waals surface area contributed by atoms with E-state index in [0.29, 0.717) is 38.1 Å². The average Bonchev–Trinajstić information content (AvgIpc) is 3.16. The molecule has 4 aromatic carbocycles. The van der Waals surface area contributed by atoms with Gasteiger partial charge >= 0.3 is 0 Å². The lowest BCUT2D eigenvalue weighted by molar-refractivity contribution is -0.0430. The summed E-state index contributed by atoms with van der Waals surface area (Å²) in [4.78, 5) is 0. The van der Waals surface area contributed by atoms with Crippen molar-refractivity contribution in [3.8, 4) is 0 Å². The zero-order valence-corrected chi connectivity index (χ0v) is 34.3. The molecule has 256 valence electrons. The molecule has 13 heteroatoms. The molecule has 0 aliphatic heterocycles. The van der Waals surface area contributed by atoms with Crippen LogP contribution in [-0.4, -0.2) is 127 Å². The molecule has 4 rings (SSSR count). The van der Waals surface area contributed by atoms with E-state index in [2.05, 4.69) is 97.1 Å². The molecular formula is C36H44O8Si5. The lowest BCUT2D eigenvalue weighted by Gasteiger charge is -2.35. The molecule has 0 aromatic heterocycles. The van der Waals surface area contributed by atoms with Crippen LogP contribution in [0.15, 0.2) is 97.1 Å². The van der Waals surface area contributed by atoms with Crippen LogP contribution in [0.3, 0.4) is 0 Å². The lowest BCUT2D eigenvalue weighted by Crippen LogP contribution is -2.75. The predicted octanol–water partition coefficient (Wildman–Crippen LogP) is -1.31. The first kappa shape index (κ1) is 39.4. The summed E-state index contributed by atoms with van der Waals surface area (Å²) in [5, 5.41) is 9.79. The molecule has 0 aliphatic rings. The van der Waals surface area contributed by atoms with E-state index >= 15 is 0 Å². The van der Waals surface area contributed by atoms with Crippen molar-refractivity contribution in [3.05, 3.63) is 97.1 Å². The van der Waals surface area contributed by atoms with Gasteiger partial charge in [-0.1, -0.05) is 118 Å². The molecule has 0 amide bonds. The van der Waals surface area contributed by atoms with Crippen molar-refractivity contribution in [3.63, 3.8) is 0 Å². The molecule has 8 nitrogen and oxygen atoms in total. The maximum Gasteiger partial charge on any atom is 0.179 e. The monoisotopic (exact) mass is 744 g/mol. The zero-order chi connectivity index (χ0) is 35.2. The maximum absolute atomic E-state index is 5.52. The molecule has 0 saturated carbocycles. The van der Waals surface area contributed by atoms with E-state index in [1.54, 1.807) is 56.9 Å². The first-order valence-corrected chi connectivity index (χ1v) is 21.9. The Bertz CT molecular complexity index is 1270. The summed E-state index contributed by atoms with van der Waals surface area (Å²) >= 11 is 0. The van der Waals surface area contributed by atoms with Crippen LogP contribution in [0.4, 0.5) is 0 Å². The molecule has 8 radical (unpaired) electrons. The van der Waals surface area contributed by atoms with Crippen LogP contribution in [0.25, 0.3) is 0 Å². The number of rotatable bonds is 20. The molecular weight excluding hydrogens is 701 g/mol. The van der Waals surface area contributed by atoms with E-state index in [0.717, 1.165) is 0 Å². The first-order chi connectivity index (χ1) is 23.9. The molecule has 0 bridgehead atoms. The van der Waals surface area contributed by atoms with Gasteiger partial charge in [0.1, 0.15) is 23.7 Å². The Balaban J connectivity index is 1.93. The number of hydrogen-bond donors (Lipinski definition) is 0. The third-order valence-electron chi connectivity index (χ3n) is 8.12. The van der Waals surface area contributed by atoms with Gasteiger partial charge in [-0.2, -0.15) is 0 Å². The summed E-state index contributed by atoms with van der Waals surface area (Å²) in [5.41, 5.74) is 0. The Labute approximate surface area is 302 Å². The Kier molecular flexibility index (Phi) is 16.0. The zero-order valence-electron chi connectivity index (χ0n) is 29.3. The van der Waals surface area contributed by atoms with E-state index in [1.165, 1.54) is 41.5 Å². The molecule has 0 heterocycles. The Morgan fingerprint density at radius 1 is 0.306 bits per heavy atom. The van der Waals surface area contributed by atoms with Crippen LogP contribution < -0.4 is 41.5 Å². The fourth-order valence-electron chi connectivity index (χ4n) is 5.67. The quantitative estimate of drug-likeness (QED) is 0.0629. The van der Waals surface area contributed by atoms with Gasteiger partial charge in [0.25, 0.3) is 0 Å². The van der Waals surface area contributed by atoms with Gasteiger partial charge in [0.05, 0.1) is 0 Å². The lowest BCUT2D eigenvalue weighted by atomic mass is 10.3. The number of benzene rings is 4. The maximum atomic E-state index is 5.52. The summed E-state index contributed by atoms with van der Waals surface area (Å²) in [6.07, 6.45) is 0. The highest BCUT2D eigenvalue weighted by molar-refractivity contribution is 7.20. The fourth-order valence-corrected chi connectivity index (χ4v) is 13.8. The summed E-state index contributed by atoms with van der Waals surface area (Å²) in [7, 11) is 12.0. The Morgan fingerprint density at radius 3 is 0.612 bits per heavy atom. The van der Waals surface area contributed by atoms with Gasteiger partial charge in [-0.25, -0.2) is 0 Å². The molecule has 0 N–H and O–H groups in total. The Hall–Kier alpha value is -2.36. The predicted molar refractivity (Wildman–Crippen MR) is 203 cm³/mol.